The average Bonchev–Trinajstić information content (AvgIpc) is 3.41. The summed E-state index contributed by atoms with van der Waals surface area (Å²) in [6.07, 6.45) is -0.285. The highest BCUT2D eigenvalue weighted by molar-refractivity contribution is 5.89. The van der Waals surface area contributed by atoms with Gasteiger partial charge in [-0.25, -0.2) is 14.2 Å². The van der Waals surface area contributed by atoms with Crippen molar-refractivity contribution >= 4 is 22.6 Å². The summed E-state index contributed by atoms with van der Waals surface area (Å²) in [7, 11) is 0. The maximum absolute atomic E-state index is 14.0. The number of rotatable bonds is 11. The number of anilines is 1. The molecule has 0 spiro atoms. The second-order valence-electron chi connectivity index (χ2n) is 11.5. The van der Waals surface area contributed by atoms with Crippen LogP contribution in [-0.2, 0) is 33.9 Å². The van der Waals surface area contributed by atoms with Crippen LogP contribution in [0.3, 0.4) is 0 Å². The van der Waals surface area contributed by atoms with Crippen LogP contribution in [0.25, 0.3) is 10.9 Å². The predicted molar refractivity (Wildman–Crippen MR) is 170 cm³/mol. The third-order valence-electron chi connectivity index (χ3n) is 7.54. The van der Waals surface area contributed by atoms with Gasteiger partial charge in [0.05, 0.1) is 23.4 Å². The Morgan fingerprint density at radius 3 is 2.44 bits per heavy atom. The Bertz CT molecular complexity index is 1760. The monoisotopic (exact) mass is 606 g/mol. The van der Waals surface area contributed by atoms with Crippen LogP contribution in [0.5, 0.6) is 5.75 Å². The number of hydrogen-bond donors (Lipinski definition) is 0. The molecule has 5 aromatic rings. The number of ether oxygens (including phenoxy) is 4. The molecule has 45 heavy (non-hydrogen) atoms. The van der Waals surface area contributed by atoms with E-state index < -0.39 is 11.8 Å². The molecule has 230 valence electrons. The van der Waals surface area contributed by atoms with E-state index in [1.54, 1.807) is 24.3 Å². The minimum atomic E-state index is -0.668. The minimum absolute atomic E-state index is 0.129. The molecule has 1 unspecified atom stereocenters. The van der Waals surface area contributed by atoms with Gasteiger partial charge >= 0.3 is 5.97 Å². The lowest BCUT2D eigenvalue weighted by atomic mass is 10.1. The predicted octanol–water partition coefficient (Wildman–Crippen LogP) is 7.47. The summed E-state index contributed by atoms with van der Waals surface area (Å²) in [5.41, 5.74) is 5.02. The molecule has 1 fully saturated rings. The third-order valence-corrected chi connectivity index (χ3v) is 7.54. The van der Waals surface area contributed by atoms with Gasteiger partial charge in [-0.05, 0) is 85.6 Å². The number of nitrogens with zero attached hydrogens (tertiary/aromatic N) is 2. The lowest BCUT2D eigenvalue weighted by Crippen LogP contribution is -2.25. The Hall–Kier alpha value is -4.79. The number of fused-ring (bicyclic) bond motifs is 1. The van der Waals surface area contributed by atoms with Crippen molar-refractivity contribution in [1.82, 2.24) is 4.98 Å². The van der Waals surface area contributed by atoms with Crippen LogP contribution >= 0.6 is 0 Å². The smallest absolute Gasteiger partial charge is 0.338 e. The van der Waals surface area contributed by atoms with Crippen LogP contribution in [0.2, 0.25) is 0 Å². The van der Waals surface area contributed by atoms with Gasteiger partial charge in [0.25, 0.3) is 0 Å². The topological polar surface area (TPSA) is 70.1 Å². The molecule has 7 nitrogen and oxygen atoms in total. The van der Waals surface area contributed by atoms with Crippen molar-refractivity contribution in [3.63, 3.8) is 0 Å². The Balaban J connectivity index is 1.11. The summed E-state index contributed by atoms with van der Waals surface area (Å²) in [5, 5.41) is 1.09. The van der Waals surface area contributed by atoms with Gasteiger partial charge in [0.2, 0.25) is 0 Å². The standard InChI is InChI=1S/C37H35FN2O5/c1-37(2)44-25-34(45-37)24-43-36(41)29-12-10-26(11-13-29)21-40(22-27-6-5-8-30(38)20-27)32-16-18-33(19-17-32)42-23-31-15-14-28-7-3-4-9-35(28)39-31/h3-20,34H,21-25H2,1-2H3. The van der Waals surface area contributed by atoms with Gasteiger partial charge in [0, 0.05) is 24.2 Å². The van der Waals surface area contributed by atoms with E-state index in [1.807, 2.05) is 92.7 Å². The number of halogens is 1. The lowest BCUT2D eigenvalue weighted by Gasteiger charge is -2.26. The lowest BCUT2D eigenvalue weighted by molar-refractivity contribution is -0.142. The van der Waals surface area contributed by atoms with Crippen molar-refractivity contribution in [2.24, 2.45) is 0 Å². The maximum Gasteiger partial charge on any atom is 0.338 e. The van der Waals surface area contributed by atoms with E-state index >= 15 is 0 Å². The maximum atomic E-state index is 14.0. The molecule has 0 saturated carbocycles. The summed E-state index contributed by atoms with van der Waals surface area (Å²) in [6, 6.07) is 33.8. The molecule has 6 rings (SSSR count). The van der Waals surface area contributed by atoms with E-state index in [0.29, 0.717) is 31.9 Å². The van der Waals surface area contributed by atoms with E-state index in [1.165, 1.54) is 6.07 Å². The van der Waals surface area contributed by atoms with E-state index in [0.717, 1.165) is 39.2 Å². The fourth-order valence-electron chi connectivity index (χ4n) is 5.26. The number of esters is 1. The van der Waals surface area contributed by atoms with Gasteiger partial charge in [0.15, 0.2) is 5.79 Å². The fourth-order valence-corrected chi connectivity index (χ4v) is 5.26. The second-order valence-corrected chi connectivity index (χ2v) is 11.5. The zero-order valence-electron chi connectivity index (χ0n) is 25.3. The summed E-state index contributed by atoms with van der Waals surface area (Å²) in [4.78, 5) is 19.5. The zero-order valence-corrected chi connectivity index (χ0v) is 25.3. The first kappa shape index (κ1) is 30.2. The molecule has 1 aromatic heterocycles. The van der Waals surface area contributed by atoms with Crippen LogP contribution in [0.4, 0.5) is 10.1 Å². The average molecular weight is 607 g/mol. The number of carbonyl (C=O) groups is 1. The largest absolute Gasteiger partial charge is 0.487 e. The highest BCUT2D eigenvalue weighted by Crippen LogP contribution is 2.25. The Labute approximate surface area is 262 Å². The molecule has 8 heteroatoms. The second kappa shape index (κ2) is 13.5. The number of hydrogen-bond acceptors (Lipinski definition) is 7. The van der Waals surface area contributed by atoms with Crippen molar-refractivity contribution in [1.29, 1.82) is 0 Å². The molecule has 0 radical (unpaired) electrons. The summed E-state index contributed by atoms with van der Waals surface area (Å²) < 4.78 is 36.8. The van der Waals surface area contributed by atoms with Gasteiger partial charge in [0.1, 0.15) is 30.9 Å². The highest BCUT2D eigenvalue weighted by atomic mass is 19.1. The van der Waals surface area contributed by atoms with Gasteiger partial charge < -0.3 is 23.8 Å². The van der Waals surface area contributed by atoms with Crippen molar-refractivity contribution in [3.8, 4) is 5.75 Å². The quantitative estimate of drug-likeness (QED) is 0.145. The number of pyridine rings is 1. The molecule has 0 amide bonds. The van der Waals surface area contributed by atoms with Crippen molar-refractivity contribution in [2.75, 3.05) is 18.1 Å². The van der Waals surface area contributed by atoms with Crippen LogP contribution in [0.15, 0.2) is 109 Å². The third kappa shape index (κ3) is 8.03. The molecule has 0 aliphatic carbocycles. The van der Waals surface area contributed by atoms with Gasteiger partial charge in [-0.2, -0.15) is 0 Å². The molecule has 2 heterocycles. The van der Waals surface area contributed by atoms with Gasteiger partial charge in [-0.15, -0.1) is 0 Å². The minimum Gasteiger partial charge on any atom is -0.487 e. The van der Waals surface area contributed by atoms with Gasteiger partial charge in [-0.1, -0.05) is 48.5 Å². The first-order chi connectivity index (χ1) is 21.8. The first-order valence-electron chi connectivity index (χ1n) is 14.9. The molecule has 1 saturated heterocycles. The highest BCUT2D eigenvalue weighted by Gasteiger charge is 2.33. The van der Waals surface area contributed by atoms with E-state index in [2.05, 4.69) is 9.88 Å². The molecule has 1 atom stereocenters. The Kier molecular flexibility index (Phi) is 9.05. The normalized spacial score (nSPS) is 15.6. The van der Waals surface area contributed by atoms with E-state index in [9.17, 15) is 9.18 Å². The van der Waals surface area contributed by atoms with Crippen LogP contribution in [-0.4, -0.2) is 36.1 Å². The van der Waals surface area contributed by atoms with Crippen LogP contribution in [0, 0.1) is 5.82 Å². The van der Waals surface area contributed by atoms with Crippen LogP contribution in [0.1, 0.15) is 41.0 Å². The summed E-state index contributed by atoms with van der Waals surface area (Å²) in [5.74, 6) is -0.639. The first-order valence-corrected chi connectivity index (χ1v) is 14.9. The zero-order chi connectivity index (χ0) is 31.2. The number of para-hydroxylation sites is 1. The SMILES string of the molecule is CC1(C)OCC(COC(=O)c2ccc(CN(Cc3cccc(F)c3)c3ccc(OCc4ccc5ccccc5n4)cc3)cc2)O1. The number of aromatic nitrogens is 1. The fraction of sp³-hybridized carbons (Fsp3) is 0.243. The number of carbonyl (C=O) groups excluding carboxylic acids is 1. The van der Waals surface area contributed by atoms with Crippen molar-refractivity contribution in [3.05, 3.63) is 137 Å². The Morgan fingerprint density at radius 1 is 0.911 bits per heavy atom. The van der Waals surface area contributed by atoms with Gasteiger partial charge in [-0.3, -0.25) is 0 Å². The molecule has 1 aliphatic heterocycles. The Morgan fingerprint density at radius 2 is 1.69 bits per heavy atom. The molecule has 0 N–H and O–H groups in total. The molecule has 1 aliphatic rings. The van der Waals surface area contributed by atoms with E-state index in [-0.39, 0.29) is 18.5 Å². The van der Waals surface area contributed by atoms with Crippen LogP contribution < -0.4 is 9.64 Å². The van der Waals surface area contributed by atoms with Crippen molar-refractivity contribution < 1.29 is 28.1 Å². The molecule has 4 aromatic carbocycles. The summed E-state index contributed by atoms with van der Waals surface area (Å²) >= 11 is 0. The summed E-state index contributed by atoms with van der Waals surface area (Å²) in [6.45, 7) is 5.55. The van der Waals surface area contributed by atoms with Crippen molar-refractivity contribution in [2.45, 2.75) is 45.4 Å². The molecule has 0 bridgehead atoms. The van der Waals surface area contributed by atoms with E-state index in [4.69, 9.17) is 18.9 Å². The molecular weight excluding hydrogens is 571 g/mol. The number of benzene rings is 4. The molecular formula is C37H35FN2O5.